The summed E-state index contributed by atoms with van der Waals surface area (Å²) in [5.74, 6) is -0.0654. The highest BCUT2D eigenvalue weighted by molar-refractivity contribution is 6.05. The molecule has 0 fully saturated rings. The predicted molar refractivity (Wildman–Crippen MR) is 68.5 cm³/mol. The van der Waals surface area contributed by atoms with Gasteiger partial charge in [-0.1, -0.05) is 26.7 Å². The van der Waals surface area contributed by atoms with Crippen LogP contribution >= 0.6 is 0 Å². The summed E-state index contributed by atoms with van der Waals surface area (Å²) < 4.78 is 5.17. The normalized spacial score (nSPS) is 20.9. The van der Waals surface area contributed by atoms with Gasteiger partial charge in [0.05, 0.1) is 19.2 Å². The zero-order valence-corrected chi connectivity index (χ0v) is 11.3. The van der Waals surface area contributed by atoms with E-state index >= 15 is 0 Å². The van der Waals surface area contributed by atoms with Crippen LogP contribution < -0.4 is 5.73 Å². The summed E-state index contributed by atoms with van der Waals surface area (Å²) in [5, 5.41) is 0. The van der Waals surface area contributed by atoms with E-state index in [-0.39, 0.29) is 17.9 Å². The molecule has 1 rings (SSSR count). The lowest BCUT2D eigenvalue weighted by Gasteiger charge is -2.26. The first-order chi connectivity index (χ1) is 8.56. The fourth-order valence-corrected chi connectivity index (χ4v) is 2.18. The van der Waals surface area contributed by atoms with Gasteiger partial charge in [0.2, 0.25) is 5.91 Å². The highest BCUT2D eigenvalue weighted by Gasteiger charge is 2.39. The van der Waals surface area contributed by atoms with Crippen LogP contribution in [0.1, 0.15) is 39.5 Å². The molecule has 5 nitrogen and oxygen atoms in total. The average Bonchev–Trinajstić information content (AvgIpc) is 2.65. The van der Waals surface area contributed by atoms with Crippen molar-refractivity contribution < 1.29 is 14.3 Å². The molecule has 0 aromatic heterocycles. The van der Waals surface area contributed by atoms with E-state index in [1.54, 1.807) is 0 Å². The standard InChI is InChI=1S/C13H22N2O3/c1-4-6-9(14)13(17)15-10(7-5-2)11(18-3)8-12(15)16/h8-10H,4-7,14H2,1-3H3/t9-,10-/m1/s1. The Balaban J connectivity index is 2.86. The zero-order valence-electron chi connectivity index (χ0n) is 11.3. The Morgan fingerprint density at radius 3 is 2.67 bits per heavy atom. The Morgan fingerprint density at radius 1 is 1.50 bits per heavy atom. The number of carbonyl (C=O) groups is 2. The summed E-state index contributed by atoms with van der Waals surface area (Å²) in [7, 11) is 1.52. The molecule has 0 saturated carbocycles. The first kappa shape index (κ1) is 14.7. The van der Waals surface area contributed by atoms with Gasteiger partial charge in [0.25, 0.3) is 5.91 Å². The molecular formula is C13H22N2O3. The topological polar surface area (TPSA) is 72.6 Å². The van der Waals surface area contributed by atoms with Gasteiger partial charge in [0, 0.05) is 6.08 Å². The number of rotatable bonds is 6. The number of nitrogens with zero attached hydrogens (tertiary/aromatic N) is 1. The van der Waals surface area contributed by atoms with Crippen molar-refractivity contribution in [1.29, 1.82) is 0 Å². The van der Waals surface area contributed by atoms with Gasteiger partial charge in [0.15, 0.2) is 0 Å². The zero-order chi connectivity index (χ0) is 13.7. The van der Waals surface area contributed by atoms with E-state index in [1.807, 2.05) is 13.8 Å². The van der Waals surface area contributed by atoms with Crippen LogP contribution in [0, 0.1) is 0 Å². The van der Waals surface area contributed by atoms with Gasteiger partial charge in [-0.2, -0.15) is 0 Å². The Labute approximate surface area is 108 Å². The Hall–Kier alpha value is -1.36. The second-order valence-electron chi connectivity index (χ2n) is 4.50. The number of hydrogen-bond donors (Lipinski definition) is 1. The van der Waals surface area contributed by atoms with Gasteiger partial charge in [0.1, 0.15) is 5.76 Å². The van der Waals surface area contributed by atoms with Gasteiger partial charge in [-0.3, -0.25) is 14.5 Å². The van der Waals surface area contributed by atoms with Crippen LogP contribution in [-0.4, -0.2) is 35.9 Å². The molecule has 2 amide bonds. The first-order valence-corrected chi connectivity index (χ1v) is 6.44. The van der Waals surface area contributed by atoms with Crippen molar-refractivity contribution in [3.05, 3.63) is 11.8 Å². The Morgan fingerprint density at radius 2 is 2.17 bits per heavy atom. The number of methoxy groups -OCH3 is 1. The van der Waals surface area contributed by atoms with Crippen LogP contribution in [0.25, 0.3) is 0 Å². The molecule has 0 aromatic carbocycles. The van der Waals surface area contributed by atoms with E-state index in [0.717, 1.165) is 12.8 Å². The smallest absolute Gasteiger partial charge is 0.257 e. The minimum absolute atomic E-state index is 0.289. The fourth-order valence-electron chi connectivity index (χ4n) is 2.18. The van der Waals surface area contributed by atoms with E-state index in [2.05, 4.69) is 0 Å². The molecule has 102 valence electrons. The lowest BCUT2D eigenvalue weighted by Crippen LogP contribution is -2.49. The van der Waals surface area contributed by atoms with E-state index in [9.17, 15) is 9.59 Å². The highest BCUT2D eigenvalue weighted by Crippen LogP contribution is 2.25. The molecule has 0 spiro atoms. The van der Waals surface area contributed by atoms with Crippen molar-refractivity contribution in [1.82, 2.24) is 4.90 Å². The van der Waals surface area contributed by atoms with Crippen molar-refractivity contribution in [3.8, 4) is 0 Å². The number of imide groups is 1. The number of amides is 2. The minimum atomic E-state index is -0.608. The van der Waals surface area contributed by atoms with Gasteiger partial charge in [-0.25, -0.2) is 0 Å². The average molecular weight is 254 g/mol. The molecule has 1 aliphatic rings. The number of ether oxygens (including phenoxy) is 1. The third-order valence-corrected chi connectivity index (χ3v) is 3.10. The monoisotopic (exact) mass is 254 g/mol. The third kappa shape index (κ3) is 2.90. The molecule has 1 aliphatic heterocycles. The van der Waals surface area contributed by atoms with E-state index in [0.29, 0.717) is 18.6 Å². The minimum Gasteiger partial charge on any atom is -0.499 e. The maximum atomic E-state index is 12.2. The number of nitrogens with two attached hydrogens (primary N) is 1. The van der Waals surface area contributed by atoms with E-state index in [4.69, 9.17) is 10.5 Å². The lowest BCUT2D eigenvalue weighted by molar-refractivity contribution is -0.144. The molecule has 2 atom stereocenters. The van der Waals surface area contributed by atoms with Gasteiger partial charge in [-0.05, 0) is 12.8 Å². The molecule has 0 radical (unpaired) electrons. The van der Waals surface area contributed by atoms with Crippen molar-refractivity contribution >= 4 is 11.8 Å². The SMILES string of the molecule is CCC[C@@H](N)C(=O)N1C(=O)C=C(OC)[C@H]1CCC. The highest BCUT2D eigenvalue weighted by atomic mass is 16.5. The number of carbonyl (C=O) groups excluding carboxylic acids is 2. The number of hydrogen-bond acceptors (Lipinski definition) is 4. The maximum Gasteiger partial charge on any atom is 0.257 e. The van der Waals surface area contributed by atoms with Crippen LogP contribution in [-0.2, 0) is 14.3 Å². The summed E-state index contributed by atoms with van der Waals surface area (Å²) in [6, 6.07) is -0.897. The van der Waals surface area contributed by atoms with Crippen molar-refractivity contribution in [3.63, 3.8) is 0 Å². The molecule has 5 heteroatoms. The third-order valence-electron chi connectivity index (χ3n) is 3.10. The van der Waals surface area contributed by atoms with Gasteiger partial charge >= 0.3 is 0 Å². The fraction of sp³-hybridized carbons (Fsp3) is 0.692. The van der Waals surface area contributed by atoms with Crippen molar-refractivity contribution in [2.45, 2.75) is 51.6 Å². The summed E-state index contributed by atoms with van der Waals surface area (Å²) >= 11 is 0. The van der Waals surface area contributed by atoms with Gasteiger partial charge < -0.3 is 10.5 Å². The lowest BCUT2D eigenvalue weighted by atomic mass is 10.1. The second kappa shape index (κ2) is 6.54. The molecule has 0 bridgehead atoms. The van der Waals surface area contributed by atoms with Crippen molar-refractivity contribution in [2.24, 2.45) is 5.73 Å². The quantitative estimate of drug-likeness (QED) is 0.772. The molecular weight excluding hydrogens is 232 g/mol. The van der Waals surface area contributed by atoms with E-state index < -0.39 is 6.04 Å². The summed E-state index contributed by atoms with van der Waals surface area (Å²) in [6.07, 6.45) is 4.36. The molecule has 0 saturated heterocycles. The van der Waals surface area contributed by atoms with E-state index in [1.165, 1.54) is 18.1 Å². The molecule has 0 unspecified atom stereocenters. The van der Waals surface area contributed by atoms with Crippen LogP contribution in [0.3, 0.4) is 0 Å². The first-order valence-electron chi connectivity index (χ1n) is 6.44. The largest absolute Gasteiger partial charge is 0.499 e. The summed E-state index contributed by atoms with van der Waals surface area (Å²) in [6.45, 7) is 3.96. The molecule has 1 heterocycles. The molecule has 2 N–H and O–H groups in total. The van der Waals surface area contributed by atoms with Crippen molar-refractivity contribution in [2.75, 3.05) is 7.11 Å². The Kier molecular flexibility index (Phi) is 5.34. The molecule has 0 aliphatic carbocycles. The summed E-state index contributed by atoms with van der Waals surface area (Å²) in [5.41, 5.74) is 5.81. The van der Waals surface area contributed by atoms with Crippen LogP contribution in [0.2, 0.25) is 0 Å². The van der Waals surface area contributed by atoms with Crippen LogP contribution in [0.15, 0.2) is 11.8 Å². The Bertz CT molecular complexity index is 352. The van der Waals surface area contributed by atoms with Crippen LogP contribution in [0.5, 0.6) is 0 Å². The summed E-state index contributed by atoms with van der Waals surface area (Å²) in [4.78, 5) is 25.3. The van der Waals surface area contributed by atoms with Gasteiger partial charge in [-0.15, -0.1) is 0 Å². The molecule has 0 aromatic rings. The second-order valence-corrected chi connectivity index (χ2v) is 4.50. The molecule has 18 heavy (non-hydrogen) atoms. The predicted octanol–water partition coefficient (Wildman–Crippen LogP) is 1.18. The maximum absolute atomic E-state index is 12.2. The van der Waals surface area contributed by atoms with Crippen LogP contribution in [0.4, 0.5) is 0 Å².